The standard InChI is InChI=1S/C19H30FN/c1-4-12-21-19(16-9-7-15(5-2)8-10-16)17-13-14(3)6-11-18(17)20/h6,11,13,15-16,19,21H,4-5,7-10,12H2,1-3H3. The zero-order chi connectivity index (χ0) is 15.2. The third-order valence-electron chi connectivity index (χ3n) is 5.04. The molecular formula is C19H30FN. The molecule has 118 valence electrons. The second kappa shape index (κ2) is 7.93. The molecule has 0 spiro atoms. The fourth-order valence-corrected chi connectivity index (χ4v) is 3.66. The molecule has 1 aromatic carbocycles. The average molecular weight is 291 g/mol. The summed E-state index contributed by atoms with van der Waals surface area (Å²) in [5.41, 5.74) is 2.03. The van der Waals surface area contributed by atoms with E-state index >= 15 is 0 Å². The van der Waals surface area contributed by atoms with Crippen molar-refractivity contribution in [2.24, 2.45) is 11.8 Å². The minimum atomic E-state index is -0.0492. The first kappa shape index (κ1) is 16.5. The van der Waals surface area contributed by atoms with Crippen LogP contribution in [0.4, 0.5) is 4.39 Å². The smallest absolute Gasteiger partial charge is 0.128 e. The largest absolute Gasteiger partial charge is 0.310 e. The van der Waals surface area contributed by atoms with Gasteiger partial charge in [-0.15, -0.1) is 0 Å². The monoisotopic (exact) mass is 291 g/mol. The van der Waals surface area contributed by atoms with E-state index in [1.807, 2.05) is 19.1 Å². The van der Waals surface area contributed by atoms with Crippen LogP contribution >= 0.6 is 0 Å². The zero-order valence-corrected chi connectivity index (χ0v) is 13.8. The Kier molecular flexibility index (Phi) is 6.22. The molecule has 1 fully saturated rings. The van der Waals surface area contributed by atoms with Crippen molar-refractivity contribution in [3.8, 4) is 0 Å². The van der Waals surface area contributed by atoms with Crippen molar-refractivity contribution in [1.82, 2.24) is 5.32 Å². The zero-order valence-electron chi connectivity index (χ0n) is 13.8. The van der Waals surface area contributed by atoms with Crippen LogP contribution in [0, 0.1) is 24.6 Å². The van der Waals surface area contributed by atoms with Gasteiger partial charge in [0.05, 0.1) is 0 Å². The average Bonchev–Trinajstić information content (AvgIpc) is 2.51. The third kappa shape index (κ3) is 4.29. The summed E-state index contributed by atoms with van der Waals surface area (Å²) >= 11 is 0. The lowest BCUT2D eigenvalue weighted by Crippen LogP contribution is -2.32. The van der Waals surface area contributed by atoms with Crippen molar-refractivity contribution in [2.75, 3.05) is 6.54 Å². The maximum absolute atomic E-state index is 14.3. The number of benzene rings is 1. The van der Waals surface area contributed by atoms with E-state index in [-0.39, 0.29) is 11.9 Å². The number of halogens is 1. The van der Waals surface area contributed by atoms with Gasteiger partial charge in [0.15, 0.2) is 0 Å². The molecular weight excluding hydrogens is 261 g/mol. The quantitative estimate of drug-likeness (QED) is 0.741. The van der Waals surface area contributed by atoms with Crippen LogP contribution in [0.5, 0.6) is 0 Å². The SMILES string of the molecule is CCCNC(c1cc(C)ccc1F)C1CCC(CC)CC1. The van der Waals surface area contributed by atoms with Gasteiger partial charge < -0.3 is 5.32 Å². The summed E-state index contributed by atoms with van der Waals surface area (Å²) < 4.78 is 14.3. The van der Waals surface area contributed by atoms with Gasteiger partial charge in [0, 0.05) is 11.6 Å². The predicted molar refractivity (Wildman–Crippen MR) is 87.9 cm³/mol. The molecule has 2 rings (SSSR count). The molecule has 1 unspecified atom stereocenters. The summed E-state index contributed by atoms with van der Waals surface area (Å²) in [6, 6.07) is 5.71. The van der Waals surface area contributed by atoms with Gasteiger partial charge >= 0.3 is 0 Å². The fourth-order valence-electron chi connectivity index (χ4n) is 3.66. The van der Waals surface area contributed by atoms with Crippen LogP contribution < -0.4 is 5.32 Å². The fraction of sp³-hybridized carbons (Fsp3) is 0.684. The van der Waals surface area contributed by atoms with Gasteiger partial charge in [0.2, 0.25) is 0 Å². The summed E-state index contributed by atoms with van der Waals surface area (Å²) in [6.45, 7) is 7.47. The van der Waals surface area contributed by atoms with Gasteiger partial charge in [-0.2, -0.15) is 0 Å². The van der Waals surface area contributed by atoms with Crippen LogP contribution in [-0.4, -0.2) is 6.54 Å². The lowest BCUT2D eigenvalue weighted by molar-refractivity contribution is 0.216. The molecule has 0 aromatic heterocycles. The van der Waals surface area contributed by atoms with Gasteiger partial charge in [-0.25, -0.2) is 4.39 Å². The Balaban J connectivity index is 2.16. The molecule has 1 aromatic rings. The highest BCUT2D eigenvalue weighted by Crippen LogP contribution is 2.38. The predicted octanol–water partition coefficient (Wildman–Crippen LogP) is 5.39. The molecule has 1 aliphatic rings. The normalized spacial score (nSPS) is 24.0. The number of aryl methyl sites for hydroxylation is 1. The Morgan fingerprint density at radius 1 is 1.19 bits per heavy atom. The molecule has 1 atom stereocenters. The molecule has 0 aliphatic heterocycles. The van der Waals surface area contributed by atoms with E-state index < -0.39 is 0 Å². The Labute approximate surface area is 129 Å². The van der Waals surface area contributed by atoms with Crippen molar-refractivity contribution in [3.05, 3.63) is 35.1 Å². The van der Waals surface area contributed by atoms with E-state index in [4.69, 9.17) is 0 Å². The van der Waals surface area contributed by atoms with E-state index in [2.05, 4.69) is 19.2 Å². The third-order valence-corrected chi connectivity index (χ3v) is 5.04. The van der Waals surface area contributed by atoms with Crippen LogP contribution in [0.2, 0.25) is 0 Å². The van der Waals surface area contributed by atoms with Crippen molar-refractivity contribution in [2.45, 2.75) is 65.3 Å². The molecule has 0 heterocycles. The molecule has 1 nitrogen and oxygen atoms in total. The summed E-state index contributed by atoms with van der Waals surface area (Å²) in [6.07, 6.45) is 7.45. The highest BCUT2D eigenvalue weighted by Gasteiger charge is 2.29. The second-order valence-corrected chi connectivity index (χ2v) is 6.65. The van der Waals surface area contributed by atoms with Crippen LogP contribution in [0.1, 0.15) is 69.5 Å². The maximum Gasteiger partial charge on any atom is 0.128 e. The number of hydrogen-bond donors (Lipinski definition) is 1. The van der Waals surface area contributed by atoms with Crippen molar-refractivity contribution >= 4 is 0 Å². The first-order chi connectivity index (χ1) is 10.2. The summed E-state index contributed by atoms with van der Waals surface area (Å²) in [5.74, 6) is 1.41. The Bertz CT molecular complexity index is 435. The molecule has 0 radical (unpaired) electrons. The van der Waals surface area contributed by atoms with E-state index in [9.17, 15) is 4.39 Å². The minimum Gasteiger partial charge on any atom is -0.310 e. The molecule has 1 saturated carbocycles. The van der Waals surface area contributed by atoms with E-state index in [1.165, 1.54) is 32.1 Å². The van der Waals surface area contributed by atoms with E-state index in [0.717, 1.165) is 30.0 Å². The van der Waals surface area contributed by atoms with Gasteiger partial charge in [-0.1, -0.05) is 50.8 Å². The molecule has 0 amide bonds. The maximum atomic E-state index is 14.3. The van der Waals surface area contributed by atoms with Gasteiger partial charge in [0.1, 0.15) is 5.82 Å². The van der Waals surface area contributed by atoms with Crippen LogP contribution in [0.3, 0.4) is 0 Å². The second-order valence-electron chi connectivity index (χ2n) is 6.65. The highest BCUT2D eigenvalue weighted by atomic mass is 19.1. The van der Waals surface area contributed by atoms with Crippen LogP contribution in [0.15, 0.2) is 18.2 Å². The lowest BCUT2D eigenvalue weighted by atomic mass is 9.75. The molecule has 2 heteroatoms. The van der Waals surface area contributed by atoms with Crippen LogP contribution in [-0.2, 0) is 0 Å². The number of rotatable bonds is 6. The number of nitrogens with one attached hydrogen (secondary N) is 1. The van der Waals surface area contributed by atoms with Gasteiger partial charge in [0.25, 0.3) is 0 Å². The molecule has 1 aliphatic carbocycles. The summed E-state index contributed by atoms with van der Waals surface area (Å²) in [4.78, 5) is 0. The lowest BCUT2D eigenvalue weighted by Gasteiger charge is -2.34. The number of hydrogen-bond acceptors (Lipinski definition) is 1. The van der Waals surface area contributed by atoms with E-state index in [0.29, 0.717) is 5.92 Å². The van der Waals surface area contributed by atoms with Crippen molar-refractivity contribution in [1.29, 1.82) is 0 Å². The van der Waals surface area contributed by atoms with E-state index in [1.54, 1.807) is 6.07 Å². The topological polar surface area (TPSA) is 12.0 Å². The van der Waals surface area contributed by atoms with Gasteiger partial charge in [-0.3, -0.25) is 0 Å². The first-order valence-corrected chi connectivity index (χ1v) is 8.65. The van der Waals surface area contributed by atoms with Crippen molar-refractivity contribution < 1.29 is 4.39 Å². The molecule has 21 heavy (non-hydrogen) atoms. The van der Waals surface area contributed by atoms with Crippen LogP contribution in [0.25, 0.3) is 0 Å². The Hall–Kier alpha value is -0.890. The highest BCUT2D eigenvalue weighted by molar-refractivity contribution is 5.27. The van der Waals surface area contributed by atoms with Gasteiger partial charge in [-0.05, 0) is 50.6 Å². The van der Waals surface area contributed by atoms with Crippen molar-refractivity contribution in [3.63, 3.8) is 0 Å². The minimum absolute atomic E-state index is 0.0492. The summed E-state index contributed by atoms with van der Waals surface area (Å²) in [5, 5.41) is 3.62. The molecule has 0 bridgehead atoms. The Morgan fingerprint density at radius 2 is 1.90 bits per heavy atom. The summed E-state index contributed by atoms with van der Waals surface area (Å²) in [7, 11) is 0. The molecule has 0 saturated heterocycles. The Morgan fingerprint density at radius 3 is 2.52 bits per heavy atom. The molecule has 1 N–H and O–H groups in total. The first-order valence-electron chi connectivity index (χ1n) is 8.65.